The van der Waals surface area contributed by atoms with Crippen LogP contribution in [0.5, 0.6) is 17.2 Å². The van der Waals surface area contributed by atoms with Crippen LogP contribution in [0.1, 0.15) is 13.8 Å². The maximum Gasteiger partial charge on any atom is 0.264 e. The number of ether oxygens (including phenoxy) is 3. The van der Waals surface area contributed by atoms with Gasteiger partial charge in [-0.1, -0.05) is 13.8 Å². The molecule has 158 valence electrons. The van der Waals surface area contributed by atoms with Crippen LogP contribution < -0.4 is 18.5 Å². The molecule has 0 fully saturated rings. The van der Waals surface area contributed by atoms with Gasteiger partial charge in [0, 0.05) is 19.2 Å². The van der Waals surface area contributed by atoms with Gasteiger partial charge in [0.1, 0.15) is 19.0 Å². The summed E-state index contributed by atoms with van der Waals surface area (Å²) in [6.07, 6.45) is 0. The maximum atomic E-state index is 13.5. The van der Waals surface area contributed by atoms with Gasteiger partial charge in [-0.3, -0.25) is 4.31 Å². The highest BCUT2D eigenvalue weighted by molar-refractivity contribution is 7.92. The van der Waals surface area contributed by atoms with Crippen molar-refractivity contribution in [3.05, 3.63) is 42.5 Å². The summed E-state index contributed by atoms with van der Waals surface area (Å²) in [5.74, 6) is 1.80. The summed E-state index contributed by atoms with van der Waals surface area (Å²) in [7, 11) is -2.21. The van der Waals surface area contributed by atoms with E-state index in [1.165, 1.54) is 4.31 Å². The zero-order chi connectivity index (χ0) is 20.9. The average Bonchev–Trinajstić information content (AvgIpc) is 2.76. The molecule has 0 amide bonds. The molecule has 0 atom stereocenters. The van der Waals surface area contributed by atoms with E-state index in [2.05, 4.69) is 18.7 Å². The van der Waals surface area contributed by atoms with Crippen molar-refractivity contribution in [1.82, 2.24) is 4.90 Å². The first-order chi connectivity index (χ1) is 14.0. The van der Waals surface area contributed by atoms with Gasteiger partial charge in [0.05, 0.1) is 17.7 Å². The Morgan fingerprint density at radius 3 is 2.21 bits per heavy atom. The number of sulfonamides is 1. The number of methoxy groups -OCH3 is 1. The fourth-order valence-electron chi connectivity index (χ4n) is 3.22. The smallest absolute Gasteiger partial charge is 0.264 e. The molecular formula is C21H28N2O5S. The minimum absolute atomic E-state index is 0.215. The van der Waals surface area contributed by atoms with Crippen molar-refractivity contribution in [1.29, 1.82) is 0 Å². The first-order valence-electron chi connectivity index (χ1n) is 9.78. The van der Waals surface area contributed by atoms with E-state index in [9.17, 15) is 8.42 Å². The molecule has 1 aliphatic rings. The van der Waals surface area contributed by atoms with Gasteiger partial charge in [-0.2, -0.15) is 0 Å². The van der Waals surface area contributed by atoms with Crippen LogP contribution in [0.4, 0.5) is 5.69 Å². The Labute approximate surface area is 172 Å². The van der Waals surface area contributed by atoms with Crippen molar-refractivity contribution < 1.29 is 22.6 Å². The number of benzene rings is 2. The van der Waals surface area contributed by atoms with E-state index < -0.39 is 10.0 Å². The molecule has 7 nitrogen and oxygen atoms in total. The highest BCUT2D eigenvalue weighted by Gasteiger charge is 2.27. The molecule has 0 spiro atoms. The minimum atomic E-state index is -3.76. The van der Waals surface area contributed by atoms with E-state index in [0.717, 1.165) is 13.1 Å². The first-order valence-corrected chi connectivity index (χ1v) is 11.2. The number of nitrogens with zero attached hydrogens (tertiary/aromatic N) is 2. The van der Waals surface area contributed by atoms with Crippen LogP contribution in [0.15, 0.2) is 47.4 Å². The first kappa shape index (κ1) is 21.3. The van der Waals surface area contributed by atoms with E-state index >= 15 is 0 Å². The molecule has 2 aromatic carbocycles. The number of rotatable bonds is 9. The van der Waals surface area contributed by atoms with Gasteiger partial charge in [0.15, 0.2) is 11.5 Å². The summed E-state index contributed by atoms with van der Waals surface area (Å²) in [6.45, 7) is 7.73. The Hall–Kier alpha value is -2.45. The van der Waals surface area contributed by atoms with E-state index in [1.807, 2.05) is 0 Å². The number of anilines is 1. The Bertz CT molecular complexity index is 911. The van der Waals surface area contributed by atoms with Gasteiger partial charge in [0.25, 0.3) is 10.0 Å². The lowest BCUT2D eigenvalue weighted by atomic mass is 10.2. The fraction of sp³-hybridized carbons (Fsp3) is 0.429. The number of hydrogen-bond acceptors (Lipinski definition) is 6. The molecule has 8 heteroatoms. The molecule has 0 N–H and O–H groups in total. The van der Waals surface area contributed by atoms with E-state index in [0.29, 0.717) is 49.2 Å². The summed E-state index contributed by atoms with van der Waals surface area (Å²) in [5.41, 5.74) is 0.553. The van der Waals surface area contributed by atoms with Crippen molar-refractivity contribution >= 4 is 15.7 Å². The van der Waals surface area contributed by atoms with Crippen LogP contribution in [0.25, 0.3) is 0 Å². The molecular weight excluding hydrogens is 392 g/mol. The highest BCUT2D eigenvalue weighted by atomic mass is 32.2. The maximum absolute atomic E-state index is 13.5. The lowest BCUT2D eigenvalue weighted by molar-refractivity contribution is 0.171. The van der Waals surface area contributed by atoms with E-state index in [4.69, 9.17) is 14.2 Å². The zero-order valence-electron chi connectivity index (χ0n) is 17.1. The topological polar surface area (TPSA) is 68.3 Å². The predicted octanol–water partition coefficient (Wildman–Crippen LogP) is 3.00. The van der Waals surface area contributed by atoms with Gasteiger partial charge >= 0.3 is 0 Å². The highest BCUT2D eigenvalue weighted by Crippen LogP contribution is 2.35. The lowest BCUT2D eigenvalue weighted by Gasteiger charge is -2.29. The normalized spacial score (nSPS) is 13.4. The molecule has 2 aromatic rings. The molecule has 1 aliphatic heterocycles. The van der Waals surface area contributed by atoms with Crippen molar-refractivity contribution in [3.63, 3.8) is 0 Å². The molecule has 0 unspecified atom stereocenters. The predicted molar refractivity (Wildman–Crippen MR) is 113 cm³/mol. The Morgan fingerprint density at radius 2 is 1.59 bits per heavy atom. The standard InChI is InChI=1S/C21H28N2O5S/c1-4-22(5-2)12-13-23(17-6-11-20-21(16-17)28-15-14-27-20)29(24,25)19-9-7-18(26-3)8-10-19/h6-11,16H,4-5,12-15H2,1-3H3. The van der Waals surface area contributed by atoms with Crippen LogP contribution in [-0.4, -0.2) is 59.8 Å². The van der Waals surface area contributed by atoms with E-state index in [-0.39, 0.29) is 4.90 Å². The quantitative estimate of drug-likeness (QED) is 0.621. The summed E-state index contributed by atoms with van der Waals surface area (Å²) in [5, 5.41) is 0. The molecule has 0 bridgehead atoms. The third-order valence-electron chi connectivity index (χ3n) is 4.97. The second kappa shape index (κ2) is 9.37. The molecule has 1 heterocycles. The van der Waals surface area contributed by atoms with Crippen molar-refractivity contribution in [3.8, 4) is 17.2 Å². The molecule has 0 saturated heterocycles. The van der Waals surface area contributed by atoms with E-state index in [1.54, 1.807) is 49.6 Å². The largest absolute Gasteiger partial charge is 0.497 e. The summed E-state index contributed by atoms with van der Waals surface area (Å²) >= 11 is 0. The monoisotopic (exact) mass is 420 g/mol. The van der Waals surface area contributed by atoms with Crippen LogP contribution in [0.2, 0.25) is 0 Å². The van der Waals surface area contributed by atoms with Gasteiger partial charge in [-0.25, -0.2) is 8.42 Å². The molecule has 29 heavy (non-hydrogen) atoms. The second-order valence-corrected chi connectivity index (χ2v) is 8.47. The number of likely N-dealkylation sites (N-methyl/N-ethyl adjacent to an activating group) is 1. The van der Waals surface area contributed by atoms with Gasteiger partial charge in [-0.05, 0) is 49.5 Å². The number of fused-ring (bicyclic) bond motifs is 1. The SMILES string of the molecule is CCN(CC)CCN(c1ccc2c(c1)OCCO2)S(=O)(=O)c1ccc(OC)cc1. The fourth-order valence-corrected chi connectivity index (χ4v) is 4.67. The van der Waals surface area contributed by atoms with Crippen LogP contribution in [-0.2, 0) is 10.0 Å². The second-order valence-electron chi connectivity index (χ2n) is 6.61. The van der Waals surface area contributed by atoms with Gasteiger partial charge < -0.3 is 19.1 Å². The minimum Gasteiger partial charge on any atom is -0.497 e. The van der Waals surface area contributed by atoms with Crippen molar-refractivity contribution in [2.75, 3.05) is 50.8 Å². The van der Waals surface area contributed by atoms with Crippen LogP contribution >= 0.6 is 0 Å². The van der Waals surface area contributed by atoms with Crippen LogP contribution in [0, 0.1) is 0 Å². The average molecular weight is 421 g/mol. The molecule has 3 rings (SSSR count). The molecule has 0 aromatic heterocycles. The molecule has 0 saturated carbocycles. The van der Waals surface area contributed by atoms with Crippen molar-refractivity contribution in [2.24, 2.45) is 0 Å². The molecule has 0 radical (unpaired) electrons. The number of hydrogen-bond donors (Lipinski definition) is 0. The van der Waals surface area contributed by atoms with Crippen LogP contribution in [0.3, 0.4) is 0 Å². The third kappa shape index (κ3) is 4.76. The Balaban J connectivity index is 1.97. The summed E-state index contributed by atoms with van der Waals surface area (Å²) in [6, 6.07) is 11.7. The lowest BCUT2D eigenvalue weighted by Crippen LogP contribution is -2.39. The van der Waals surface area contributed by atoms with Gasteiger partial charge in [0.2, 0.25) is 0 Å². The van der Waals surface area contributed by atoms with Gasteiger partial charge in [-0.15, -0.1) is 0 Å². The Morgan fingerprint density at radius 1 is 0.931 bits per heavy atom. The van der Waals surface area contributed by atoms with Crippen molar-refractivity contribution in [2.45, 2.75) is 18.7 Å². The summed E-state index contributed by atoms with van der Waals surface area (Å²) in [4.78, 5) is 2.40. The Kier molecular flexibility index (Phi) is 6.87. The third-order valence-corrected chi connectivity index (χ3v) is 6.82. The summed E-state index contributed by atoms with van der Waals surface area (Å²) < 4.78 is 44.8. The molecule has 0 aliphatic carbocycles. The zero-order valence-corrected chi connectivity index (χ0v) is 17.9.